The Morgan fingerprint density at radius 2 is 1.84 bits per heavy atom. The number of rotatable bonds is 6. The summed E-state index contributed by atoms with van der Waals surface area (Å²) in [5.41, 5.74) is 2.53. The summed E-state index contributed by atoms with van der Waals surface area (Å²) >= 11 is 0. The molecule has 0 N–H and O–H groups in total. The van der Waals surface area contributed by atoms with Crippen molar-refractivity contribution in [3.8, 4) is 17.6 Å². The van der Waals surface area contributed by atoms with E-state index in [1.807, 2.05) is 60.5 Å². The molecule has 1 aromatic heterocycles. The second kappa shape index (κ2) is 8.76. The summed E-state index contributed by atoms with van der Waals surface area (Å²) in [5.74, 6) is 2.05. The number of carbonyl (C=O) groups is 1. The lowest BCUT2D eigenvalue weighted by atomic mass is 10.1. The summed E-state index contributed by atoms with van der Waals surface area (Å²) in [4.78, 5) is 19.3. The maximum Gasteiger partial charge on any atom is 0.409 e. The minimum atomic E-state index is -0.272. The molecule has 7 nitrogen and oxygen atoms in total. The third-order valence-corrected chi connectivity index (χ3v) is 5.31. The van der Waals surface area contributed by atoms with Crippen molar-refractivity contribution in [1.29, 1.82) is 5.26 Å². The second-order valence-electron chi connectivity index (χ2n) is 7.33. The number of hydrogen-bond donors (Lipinski definition) is 0. The summed E-state index contributed by atoms with van der Waals surface area (Å²) in [7, 11) is 3.63. The van der Waals surface area contributed by atoms with Crippen molar-refractivity contribution in [3.05, 3.63) is 78.0 Å². The number of anilines is 2. The predicted octanol–water partition coefficient (Wildman–Crippen LogP) is 4.51. The lowest BCUT2D eigenvalue weighted by Crippen LogP contribution is -2.30. The molecular weight excluding hydrogens is 392 g/mol. The van der Waals surface area contributed by atoms with E-state index in [-0.39, 0.29) is 12.1 Å². The summed E-state index contributed by atoms with van der Waals surface area (Å²) in [6.45, 7) is 0.419. The maximum atomic E-state index is 11.5. The van der Waals surface area contributed by atoms with Gasteiger partial charge in [-0.15, -0.1) is 0 Å². The summed E-state index contributed by atoms with van der Waals surface area (Å²) < 4.78 is 11.0. The van der Waals surface area contributed by atoms with Crippen molar-refractivity contribution in [1.82, 2.24) is 9.88 Å². The first kappa shape index (κ1) is 20.2. The topological polar surface area (TPSA) is 78.7 Å². The molecule has 31 heavy (non-hydrogen) atoms. The SMILES string of the molecule is CN(c1ccc(Oc2ccc(CC3COC(=O)N3C)cc2)cc1)c1ncccc1C#N. The molecule has 1 unspecified atom stereocenters. The fraction of sp³-hybridized carbons (Fsp3) is 0.208. The van der Waals surface area contributed by atoms with Crippen LogP contribution in [0.2, 0.25) is 0 Å². The highest BCUT2D eigenvalue weighted by atomic mass is 16.6. The van der Waals surface area contributed by atoms with Crippen LogP contribution in [0.5, 0.6) is 11.5 Å². The van der Waals surface area contributed by atoms with E-state index in [4.69, 9.17) is 9.47 Å². The molecule has 1 aliphatic rings. The van der Waals surface area contributed by atoms with Crippen LogP contribution in [0, 0.1) is 11.3 Å². The number of ether oxygens (including phenoxy) is 2. The summed E-state index contributed by atoms with van der Waals surface area (Å²) in [5, 5.41) is 9.29. The number of nitrogens with zero attached hydrogens (tertiary/aromatic N) is 4. The molecule has 7 heteroatoms. The molecule has 0 spiro atoms. The summed E-state index contributed by atoms with van der Waals surface area (Å²) in [6, 6.07) is 21.2. The number of nitriles is 1. The Labute approximate surface area is 181 Å². The van der Waals surface area contributed by atoms with Gasteiger partial charge in [0.1, 0.15) is 24.2 Å². The molecule has 1 aliphatic heterocycles. The van der Waals surface area contributed by atoms with Crippen molar-refractivity contribution in [2.45, 2.75) is 12.5 Å². The van der Waals surface area contributed by atoms with Crippen molar-refractivity contribution < 1.29 is 14.3 Å². The molecule has 3 aromatic rings. The molecule has 1 amide bonds. The van der Waals surface area contributed by atoms with E-state index >= 15 is 0 Å². The Bertz CT molecular complexity index is 1110. The Morgan fingerprint density at radius 3 is 2.45 bits per heavy atom. The Kier molecular flexibility index (Phi) is 5.72. The van der Waals surface area contributed by atoms with E-state index < -0.39 is 0 Å². The highest BCUT2D eigenvalue weighted by molar-refractivity contribution is 5.69. The average molecular weight is 414 g/mol. The van der Waals surface area contributed by atoms with E-state index in [1.165, 1.54) is 0 Å². The zero-order valence-electron chi connectivity index (χ0n) is 17.4. The molecule has 2 aromatic carbocycles. The minimum absolute atomic E-state index is 0.0597. The zero-order chi connectivity index (χ0) is 21.8. The van der Waals surface area contributed by atoms with Gasteiger partial charge in [-0.3, -0.25) is 0 Å². The number of amides is 1. The van der Waals surface area contributed by atoms with Gasteiger partial charge in [-0.1, -0.05) is 12.1 Å². The predicted molar refractivity (Wildman–Crippen MR) is 117 cm³/mol. The number of likely N-dealkylation sites (N-methyl/N-ethyl adjacent to an activating group) is 1. The lowest BCUT2D eigenvalue weighted by Gasteiger charge is -2.19. The molecule has 2 heterocycles. The first-order valence-corrected chi connectivity index (χ1v) is 9.90. The number of aromatic nitrogens is 1. The standard InChI is InChI=1S/C24H22N4O3/c1-27(23-18(15-25)4-3-13-26-23)19-7-11-22(12-8-19)31-21-9-5-17(6-10-21)14-20-16-30-24(29)28(20)2/h3-13,20H,14,16H2,1-2H3. The molecule has 0 radical (unpaired) electrons. The molecule has 0 aliphatic carbocycles. The molecule has 1 fully saturated rings. The van der Waals surface area contributed by atoms with Gasteiger partial charge in [0.15, 0.2) is 5.82 Å². The molecule has 156 valence electrons. The molecule has 0 saturated carbocycles. The van der Waals surface area contributed by atoms with Crippen molar-refractivity contribution >= 4 is 17.6 Å². The Balaban J connectivity index is 1.40. The van der Waals surface area contributed by atoms with Crippen LogP contribution in [0.1, 0.15) is 11.1 Å². The van der Waals surface area contributed by atoms with Crippen LogP contribution in [0.3, 0.4) is 0 Å². The Hall–Kier alpha value is -4.05. The van der Waals surface area contributed by atoms with Crippen LogP contribution in [0.25, 0.3) is 0 Å². The quantitative estimate of drug-likeness (QED) is 0.591. The molecule has 1 atom stereocenters. The third-order valence-electron chi connectivity index (χ3n) is 5.31. The van der Waals surface area contributed by atoms with Crippen LogP contribution in [-0.4, -0.2) is 42.7 Å². The first-order valence-electron chi connectivity index (χ1n) is 9.90. The largest absolute Gasteiger partial charge is 0.457 e. The minimum Gasteiger partial charge on any atom is -0.457 e. The van der Waals surface area contributed by atoms with Crippen molar-refractivity contribution in [3.63, 3.8) is 0 Å². The van der Waals surface area contributed by atoms with Gasteiger partial charge in [0.25, 0.3) is 0 Å². The molecular formula is C24H22N4O3. The van der Waals surface area contributed by atoms with Gasteiger partial charge in [0, 0.05) is 26.0 Å². The first-order chi connectivity index (χ1) is 15.0. The average Bonchev–Trinajstić information content (AvgIpc) is 3.12. The van der Waals surface area contributed by atoms with Crippen LogP contribution in [0.4, 0.5) is 16.3 Å². The van der Waals surface area contributed by atoms with Gasteiger partial charge in [-0.25, -0.2) is 9.78 Å². The highest BCUT2D eigenvalue weighted by Crippen LogP contribution is 2.28. The van der Waals surface area contributed by atoms with Crippen LogP contribution < -0.4 is 9.64 Å². The van der Waals surface area contributed by atoms with Crippen molar-refractivity contribution in [2.75, 3.05) is 25.6 Å². The number of pyridine rings is 1. The normalized spacial score (nSPS) is 15.3. The van der Waals surface area contributed by atoms with E-state index in [0.29, 0.717) is 23.7 Å². The van der Waals surface area contributed by atoms with Crippen LogP contribution in [-0.2, 0) is 11.2 Å². The Morgan fingerprint density at radius 1 is 1.16 bits per heavy atom. The van der Waals surface area contributed by atoms with E-state index in [0.717, 1.165) is 23.4 Å². The molecule has 4 rings (SSSR count). The molecule has 1 saturated heterocycles. The van der Waals surface area contributed by atoms with E-state index in [2.05, 4.69) is 11.1 Å². The highest BCUT2D eigenvalue weighted by Gasteiger charge is 2.29. The maximum absolute atomic E-state index is 11.5. The van der Waals surface area contributed by atoms with E-state index in [1.54, 1.807) is 30.3 Å². The number of hydrogen-bond acceptors (Lipinski definition) is 6. The fourth-order valence-corrected chi connectivity index (χ4v) is 3.44. The van der Waals surface area contributed by atoms with Crippen LogP contribution >= 0.6 is 0 Å². The van der Waals surface area contributed by atoms with Crippen LogP contribution in [0.15, 0.2) is 66.9 Å². The van der Waals surface area contributed by atoms with Gasteiger partial charge in [0.05, 0.1) is 11.6 Å². The van der Waals surface area contributed by atoms with E-state index in [9.17, 15) is 10.1 Å². The van der Waals surface area contributed by atoms with Crippen molar-refractivity contribution in [2.24, 2.45) is 0 Å². The van der Waals surface area contributed by atoms with Gasteiger partial charge >= 0.3 is 6.09 Å². The van der Waals surface area contributed by atoms with Gasteiger partial charge in [-0.05, 0) is 60.5 Å². The number of cyclic esters (lactones) is 1. The number of benzene rings is 2. The molecule has 0 bridgehead atoms. The van der Waals surface area contributed by atoms with Gasteiger partial charge in [0.2, 0.25) is 0 Å². The smallest absolute Gasteiger partial charge is 0.409 e. The van der Waals surface area contributed by atoms with Gasteiger partial charge < -0.3 is 19.3 Å². The lowest BCUT2D eigenvalue weighted by molar-refractivity contribution is 0.163. The zero-order valence-corrected chi connectivity index (χ0v) is 17.4. The summed E-state index contributed by atoms with van der Waals surface area (Å²) in [6.07, 6.45) is 2.14. The second-order valence-corrected chi connectivity index (χ2v) is 7.33. The fourth-order valence-electron chi connectivity index (χ4n) is 3.44. The van der Waals surface area contributed by atoms with Gasteiger partial charge in [-0.2, -0.15) is 5.26 Å². The monoisotopic (exact) mass is 414 g/mol. The third kappa shape index (κ3) is 4.43. The number of carbonyl (C=O) groups excluding carboxylic acids is 1.